The first-order valence-corrected chi connectivity index (χ1v) is 5.47. The molecule has 0 aromatic heterocycles. The quantitative estimate of drug-likeness (QED) is 0.693. The first-order chi connectivity index (χ1) is 5.87. The molecule has 0 saturated heterocycles. The molecule has 0 aliphatic carbocycles. The zero-order valence-electron chi connectivity index (χ0n) is 8.54. The van der Waals surface area contributed by atoms with E-state index in [0.29, 0.717) is 0 Å². The summed E-state index contributed by atoms with van der Waals surface area (Å²) in [6, 6.07) is -0.230. The van der Waals surface area contributed by atoms with E-state index in [9.17, 15) is 4.79 Å². The number of aliphatic carboxylic acids is 1. The predicted molar refractivity (Wildman–Crippen MR) is 57.1 cm³/mol. The van der Waals surface area contributed by atoms with Crippen LogP contribution in [0.25, 0.3) is 0 Å². The van der Waals surface area contributed by atoms with E-state index in [1.54, 1.807) is 0 Å². The third kappa shape index (κ3) is 6.90. The molecule has 0 saturated carbocycles. The molecule has 0 unspecified atom stereocenters. The summed E-state index contributed by atoms with van der Waals surface area (Å²) in [6.45, 7) is 6.29. The van der Waals surface area contributed by atoms with E-state index in [-0.39, 0.29) is 17.2 Å². The summed E-state index contributed by atoms with van der Waals surface area (Å²) in [6.07, 6.45) is 0.811. The zero-order valence-corrected chi connectivity index (χ0v) is 9.36. The minimum atomic E-state index is -0.815. The molecule has 0 radical (unpaired) electrons. The number of rotatable bonds is 6. The summed E-state index contributed by atoms with van der Waals surface area (Å²) < 4.78 is 0.0869. The van der Waals surface area contributed by atoms with E-state index in [1.807, 2.05) is 11.8 Å². The molecule has 3 N–H and O–H groups in total. The normalized spacial score (nSPS) is 14.2. The van der Waals surface area contributed by atoms with Crippen molar-refractivity contribution in [3.05, 3.63) is 0 Å². The predicted octanol–water partition coefficient (Wildman–Crippen LogP) is 1.71. The van der Waals surface area contributed by atoms with Crippen molar-refractivity contribution in [1.29, 1.82) is 0 Å². The van der Waals surface area contributed by atoms with Crippen molar-refractivity contribution in [2.75, 3.05) is 5.75 Å². The number of nitrogens with two attached hydrogens (primary N) is 1. The van der Waals surface area contributed by atoms with Crippen LogP contribution in [-0.2, 0) is 4.79 Å². The summed E-state index contributed by atoms with van der Waals surface area (Å²) in [7, 11) is 0. The molecule has 0 aliphatic heterocycles. The van der Waals surface area contributed by atoms with Crippen molar-refractivity contribution in [1.82, 2.24) is 0 Å². The number of carbonyl (C=O) groups is 1. The maximum atomic E-state index is 10.4. The molecule has 0 fully saturated rings. The van der Waals surface area contributed by atoms with Crippen LogP contribution in [0.4, 0.5) is 0 Å². The highest BCUT2D eigenvalue weighted by Crippen LogP contribution is 2.29. The third-order valence-electron chi connectivity index (χ3n) is 1.73. The molecule has 78 valence electrons. The molecule has 0 bridgehead atoms. The smallest absolute Gasteiger partial charge is 0.304 e. The summed E-state index contributed by atoms with van der Waals surface area (Å²) in [5.74, 6) is 0.220. The molecule has 0 aromatic carbocycles. The largest absolute Gasteiger partial charge is 0.481 e. The Morgan fingerprint density at radius 3 is 2.54 bits per heavy atom. The van der Waals surface area contributed by atoms with Crippen LogP contribution >= 0.6 is 11.8 Å². The molecule has 0 heterocycles. The Hall–Kier alpha value is -0.220. The van der Waals surface area contributed by atoms with Crippen molar-refractivity contribution in [3.63, 3.8) is 0 Å². The molecule has 4 heteroatoms. The minimum Gasteiger partial charge on any atom is -0.481 e. The summed E-state index contributed by atoms with van der Waals surface area (Å²) >= 11 is 1.82. The van der Waals surface area contributed by atoms with Gasteiger partial charge in [0.1, 0.15) is 0 Å². The van der Waals surface area contributed by atoms with Gasteiger partial charge in [0, 0.05) is 10.8 Å². The number of carboxylic acids is 1. The van der Waals surface area contributed by atoms with Crippen LogP contribution in [0.3, 0.4) is 0 Å². The lowest BCUT2D eigenvalue weighted by Gasteiger charge is -2.26. The third-order valence-corrected chi connectivity index (χ3v) is 2.96. The molecular weight excluding hydrogens is 186 g/mol. The molecule has 0 amide bonds. The van der Waals surface area contributed by atoms with Gasteiger partial charge >= 0.3 is 5.97 Å². The first-order valence-electron chi connectivity index (χ1n) is 4.48. The first kappa shape index (κ1) is 12.8. The monoisotopic (exact) mass is 205 g/mol. The molecule has 1 atom stereocenters. The van der Waals surface area contributed by atoms with Gasteiger partial charge in [-0.1, -0.05) is 20.8 Å². The van der Waals surface area contributed by atoms with Crippen LogP contribution in [0.1, 0.15) is 33.6 Å². The van der Waals surface area contributed by atoms with Crippen molar-refractivity contribution in [3.8, 4) is 0 Å². The fourth-order valence-corrected chi connectivity index (χ4v) is 2.49. The van der Waals surface area contributed by atoms with E-state index in [0.717, 1.165) is 12.2 Å². The highest BCUT2D eigenvalue weighted by molar-refractivity contribution is 8.00. The average molecular weight is 205 g/mol. The minimum absolute atomic E-state index is 0.0632. The Bertz CT molecular complexity index is 171. The molecule has 0 aliphatic rings. The summed E-state index contributed by atoms with van der Waals surface area (Å²) in [5, 5.41) is 8.52. The van der Waals surface area contributed by atoms with Gasteiger partial charge < -0.3 is 10.8 Å². The van der Waals surface area contributed by atoms with Crippen LogP contribution in [-0.4, -0.2) is 27.6 Å². The fraction of sp³-hybridized carbons (Fsp3) is 0.889. The van der Waals surface area contributed by atoms with Crippen LogP contribution in [0.2, 0.25) is 0 Å². The van der Waals surface area contributed by atoms with Crippen LogP contribution in [0.15, 0.2) is 0 Å². The molecule has 0 spiro atoms. The topological polar surface area (TPSA) is 63.3 Å². The summed E-state index contributed by atoms with van der Waals surface area (Å²) in [5.41, 5.74) is 5.70. The molecule has 3 nitrogen and oxygen atoms in total. The second-order valence-electron chi connectivity index (χ2n) is 3.75. The zero-order chi connectivity index (χ0) is 10.5. The number of hydrogen-bond donors (Lipinski definition) is 2. The fourth-order valence-electron chi connectivity index (χ4n) is 1.38. The van der Waals surface area contributed by atoms with Gasteiger partial charge in [-0.3, -0.25) is 4.79 Å². The van der Waals surface area contributed by atoms with E-state index >= 15 is 0 Å². The standard InChI is InChI=1S/C9H19NO2S/c1-4-13-9(2,3)6-7(10)5-8(11)12/h7H,4-6,10H2,1-3H3,(H,11,12)/t7-/m1/s1. The van der Waals surface area contributed by atoms with Gasteiger partial charge in [0.05, 0.1) is 6.42 Å². The Labute approximate surface area is 84.1 Å². The highest BCUT2D eigenvalue weighted by atomic mass is 32.2. The maximum Gasteiger partial charge on any atom is 0.304 e. The van der Waals surface area contributed by atoms with Gasteiger partial charge in [0.15, 0.2) is 0 Å². The van der Waals surface area contributed by atoms with Crippen molar-refractivity contribution in [2.24, 2.45) is 5.73 Å². The number of hydrogen-bond acceptors (Lipinski definition) is 3. The number of carboxylic acid groups (broad SMARTS) is 1. The van der Waals surface area contributed by atoms with Crippen LogP contribution in [0, 0.1) is 0 Å². The van der Waals surface area contributed by atoms with Gasteiger partial charge in [-0.05, 0) is 12.2 Å². The van der Waals surface area contributed by atoms with Gasteiger partial charge in [-0.15, -0.1) is 0 Å². The van der Waals surface area contributed by atoms with Crippen molar-refractivity contribution >= 4 is 17.7 Å². The van der Waals surface area contributed by atoms with E-state index in [1.165, 1.54) is 0 Å². The Kier molecular flexibility index (Phi) is 5.40. The molecular formula is C9H19NO2S. The van der Waals surface area contributed by atoms with Crippen LogP contribution in [0.5, 0.6) is 0 Å². The van der Waals surface area contributed by atoms with E-state index in [4.69, 9.17) is 10.8 Å². The van der Waals surface area contributed by atoms with Gasteiger partial charge in [0.25, 0.3) is 0 Å². The maximum absolute atomic E-state index is 10.4. The molecule has 0 rings (SSSR count). The SMILES string of the molecule is CCSC(C)(C)C[C@H](N)CC(=O)O. The van der Waals surface area contributed by atoms with Gasteiger partial charge in [-0.25, -0.2) is 0 Å². The lowest BCUT2D eigenvalue weighted by molar-refractivity contribution is -0.137. The van der Waals surface area contributed by atoms with Crippen molar-refractivity contribution in [2.45, 2.75) is 44.4 Å². The second-order valence-corrected chi connectivity index (χ2v) is 5.73. The Morgan fingerprint density at radius 2 is 2.15 bits per heavy atom. The van der Waals surface area contributed by atoms with E-state index < -0.39 is 5.97 Å². The molecule has 0 aromatic rings. The second kappa shape index (κ2) is 5.50. The Balaban J connectivity index is 3.88. The Morgan fingerprint density at radius 1 is 1.62 bits per heavy atom. The molecule has 13 heavy (non-hydrogen) atoms. The lowest BCUT2D eigenvalue weighted by Crippen LogP contribution is -2.32. The van der Waals surface area contributed by atoms with E-state index in [2.05, 4.69) is 20.8 Å². The average Bonchev–Trinajstić information content (AvgIpc) is 1.81. The summed E-state index contributed by atoms with van der Waals surface area (Å²) in [4.78, 5) is 10.4. The van der Waals surface area contributed by atoms with Gasteiger partial charge in [0.2, 0.25) is 0 Å². The van der Waals surface area contributed by atoms with Crippen LogP contribution < -0.4 is 5.73 Å². The lowest BCUT2D eigenvalue weighted by atomic mass is 10.0. The van der Waals surface area contributed by atoms with Gasteiger partial charge in [-0.2, -0.15) is 11.8 Å². The number of thioether (sulfide) groups is 1. The van der Waals surface area contributed by atoms with Crippen molar-refractivity contribution < 1.29 is 9.90 Å². The highest BCUT2D eigenvalue weighted by Gasteiger charge is 2.22.